The molecule has 0 saturated heterocycles. The molecule has 0 unspecified atom stereocenters. The first-order valence-electron chi connectivity index (χ1n) is 5.43. The zero-order chi connectivity index (χ0) is 14.0. The Hall–Kier alpha value is -1.95. The van der Waals surface area contributed by atoms with E-state index in [4.69, 9.17) is 0 Å². The predicted octanol–water partition coefficient (Wildman–Crippen LogP) is 2.84. The van der Waals surface area contributed by atoms with Crippen molar-refractivity contribution in [2.24, 2.45) is 0 Å². The molecule has 4 nitrogen and oxygen atoms in total. The summed E-state index contributed by atoms with van der Waals surface area (Å²) in [5, 5.41) is 2.63. The molecule has 0 saturated carbocycles. The summed E-state index contributed by atoms with van der Waals surface area (Å²) in [6.45, 7) is 1.68. The third-order valence-corrected chi connectivity index (χ3v) is 3.16. The van der Waals surface area contributed by atoms with Gasteiger partial charge in [0.25, 0.3) is 5.91 Å². The zero-order valence-corrected chi connectivity index (χ0v) is 11.5. The Bertz CT molecular complexity index is 697. The fourth-order valence-corrected chi connectivity index (χ4v) is 1.90. The van der Waals surface area contributed by atoms with Crippen LogP contribution in [0.4, 0.5) is 10.1 Å². The Labute approximate surface area is 116 Å². The molecule has 2 rings (SSSR count). The molecule has 0 aliphatic rings. The number of pyridine rings is 1. The highest BCUT2D eigenvalue weighted by atomic mass is 79.9. The molecule has 1 heterocycles. The van der Waals surface area contributed by atoms with Gasteiger partial charge in [0.2, 0.25) is 5.56 Å². The maximum atomic E-state index is 13.3. The quantitative estimate of drug-likeness (QED) is 0.892. The van der Waals surface area contributed by atoms with Crippen LogP contribution in [0.3, 0.4) is 0 Å². The summed E-state index contributed by atoms with van der Waals surface area (Å²) in [4.78, 5) is 25.5. The summed E-state index contributed by atoms with van der Waals surface area (Å²) < 4.78 is 13.5. The number of H-pyrrole nitrogens is 1. The highest BCUT2D eigenvalue weighted by Crippen LogP contribution is 2.24. The number of aromatic amines is 1. The van der Waals surface area contributed by atoms with Gasteiger partial charge in [-0.2, -0.15) is 0 Å². The van der Waals surface area contributed by atoms with Gasteiger partial charge in [0, 0.05) is 23.5 Å². The molecule has 0 aliphatic carbocycles. The smallest absolute Gasteiger partial charge is 0.255 e. The maximum Gasteiger partial charge on any atom is 0.255 e. The SMILES string of the molecule is Cc1cc(F)c(Br)cc1NC(=O)c1cc[nH]c(=O)c1. The number of carbonyl (C=O) groups is 1. The summed E-state index contributed by atoms with van der Waals surface area (Å²) in [6, 6.07) is 5.49. The van der Waals surface area contributed by atoms with E-state index < -0.39 is 11.7 Å². The van der Waals surface area contributed by atoms with Crippen LogP contribution in [0.15, 0.2) is 39.7 Å². The first-order chi connectivity index (χ1) is 8.97. The number of nitrogens with one attached hydrogen (secondary N) is 2. The van der Waals surface area contributed by atoms with Gasteiger partial charge in [-0.1, -0.05) is 0 Å². The maximum absolute atomic E-state index is 13.3. The van der Waals surface area contributed by atoms with Crippen LogP contribution in [0.25, 0.3) is 0 Å². The summed E-state index contributed by atoms with van der Waals surface area (Å²) >= 11 is 3.06. The molecule has 0 fully saturated rings. The molecule has 19 heavy (non-hydrogen) atoms. The molecule has 0 spiro atoms. The van der Waals surface area contributed by atoms with E-state index in [2.05, 4.69) is 26.2 Å². The molecule has 0 bridgehead atoms. The number of anilines is 1. The first kappa shape index (κ1) is 13.5. The first-order valence-corrected chi connectivity index (χ1v) is 6.22. The van der Waals surface area contributed by atoms with Crippen LogP contribution in [0.1, 0.15) is 15.9 Å². The summed E-state index contributed by atoms with van der Waals surface area (Å²) in [6.07, 6.45) is 1.39. The van der Waals surface area contributed by atoms with E-state index >= 15 is 0 Å². The third kappa shape index (κ3) is 3.08. The minimum atomic E-state index is -0.423. The fraction of sp³-hybridized carbons (Fsp3) is 0.0769. The largest absolute Gasteiger partial charge is 0.329 e. The van der Waals surface area contributed by atoms with Crippen LogP contribution < -0.4 is 10.9 Å². The molecule has 1 amide bonds. The second kappa shape index (κ2) is 5.36. The van der Waals surface area contributed by atoms with Crippen molar-refractivity contribution in [1.82, 2.24) is 4.98 Å². The predicted molar refractivity (Wildman–Crippen MR) is 73.9 cm³/mol. The van der Waals surface area contributed by atoms with Crippen LogP contribution >= 0.6 is 15.9 Å². The highest BCUT2D eigenvalue weighted by Gasteiger charge is 2.10. The van der Waals surface area contributed by atoms with Crippen molar-refractivity contribution in [2.45, 2.75) is 6.92 Å². The van der Waals surface area contributed by atoms with Gasteiger partial charge in [0.15, 0.2) is 0 Å². The van der Waals surface area contributed by atoms with Crippen molar-refractivity contribution in [1.29, 1.82) is 0 Å². The Morgan fingerprint density at radius 1 is 1.37 bits per heavy atom. The number of aromatic nitrogens is 1. The number of rotatable bonds is 2. The van der Waals surface area contributed by atoms with Crippen LogP contribution in [-0.4, -0.2) is 10.9 Å². The molecule has 98 valence electrons. The van der Waals surface area contributed by atoms with Crippen molar-refractivity contribution in [3.63, 3.8) is 0 Å². The number of halogens is 2. The van der Waals surface area contributed by atoms with Crippen LogP contribution in [0.5, 0.6) is 0 Å². The van der Waals surface area contributed by atoms with Gasteiger partial charge in [-0.05, 0) is 46.6 Å². The Balaban J connectivity index is 2.29. The minimum Gasteiger partial charge on any atom is -0.329 e. The van der Waals surface area contributed by atoms with Crippen LogP contribution in [0.2, 0.25) is 0 Å². The lowest BCUT2D eigenvalue weighted by Gasteiger charge is -2.09. The second-order valence-corrected chi connectivity index (χ2v) is 4.83. The van der Waals surface area contributed by atoms with E-state index in [1.807, 2.05) is 0 Å². The third-order valence-electron chi connectivity index (χ3n) is 2.55. The van der Waals surface area contributed by atoms with Gasteiger partial charge in [-0.3, -0.25) is 9.59 Å². The van der Waals surface area contributed by atoms with Crippen LogP contribution in [-0.2, 0) is 0 Å². The number of hydrogen-bond acceptors (Lipinski definition) is 2. The number of amides is 1. The van der Waals surface area contributed by atoms with Crippen molar-refractivity contribution >= 4 is 27.5 Å². The molecule has 1 aromatic carbocycles. The normalized spacial score (nSPS) is 10.3. The lowest BCUT2D eigenvalue weighted by molar-refractivity contribution is 0.102. The fourth-order valence-electron chi connectivity index (χ4n) is 1.56. The monoisotopic (exact) mass is 324 g/mol. The van der Waals surface area contributed by atoms with E-state index in [1.165, 1.54) is 30.5 Å². The summed E-state index contributed by atoms with van der Waals surface area (Å²) in [5.41, 5.74) is 0.964. The van der Waals surface area contributed by atoms with Gasteiger partial charge in [-0.25, -0.2) is 4.39 Å². The van der Waals surface area contributed by atoms with Crippen LogP contribution in [0, 0.1) is 12.7 Å². The summed E-state index contributed by atoms with van der Waals surface area (Å²) in [7, 11) is 0. The van der Waals surface area contributed by atoms with Gasteiger partial charge in [-0.15, -0.1) is 0 Å². The molecular formula is C13H10BrFN2O2. The highest BCUT2D eigenvalue weighted by molar-refractivity contribution is 9.10. The molecule has 2 N–H and O–H groups in total. The standard InChI is InChI=1S/C13H10BrFN2O2/c1-7-4-10(15)9(14)6-11(7)17-13(19)8-2-3-16-12(18)5-8/h2-6H,1H3,(H,16,18)(H,17,19). The number of hydrogen-bond donors (Lipinski definition) is 2. The lowest BCUT2D eigenvalue weighted by atomic mass is 10.2. The Morgan fingerprint density at radius 2 is 2.11 bits per heavy atom. The zero-order valence-electron chi connectivity index (χ0n) is 9.96. The Kier molecular flexibility index (Phi) is 3.80. The van der Waals surface area contributed by atoms with E-state index in [0.29, 0.717) is 11.3 Å². The summed E-state index contributed by atoms with van der Waals surface area (Å²) in [5.74, 6) is -0.820. The lowest BCUT2D eigenvalue weighted by Crippen LogP contribution is -2.16. The molecule has 0 aliphatic heterocycles. The van der Waals surface area contributed by atoms with E-state index in [9.17, 15) is 14.0 Å². The van der Waals surface area contributed by atoms with Crippen molar-refractivity contribution in [3.8, 4) is 0 Å². The van der Waals surface area contributed by atoms with Gasteiger partial charge in [0.1, 0.15) is 5.82 Å². The Morgan fingerprint density at radius 3 is 2.79 bits per heavy atom. The van der Waals surface area contributed by atoms with Crippen molar-refractivity contribution in [2.75, 3.05) is 5.32 Å². The second-order valence-electron chi connectivity index (χ2n) is 3.98. The van der Waals surface area contributed by atoms with E-state index in [0.717, 1.165) is 0 Å². The van der Waals surface area contributed by atoms with Gasteiger partial charge < -0.3 is 10.3 Å². The average Bonchev–Trinajstić information content (AvgIpc) is 2.36. The van der Waals surface area contributed by atoms with E-state index in [1.54, 1.807) is 6.92 Å². The molecule has 1 aromatic heterocycles. The molecule has 6 heteroatoms. The van der Waals surface area contributed by atoms with Crippen molar-refractivity contribution < 1.29 is 9.18 Å². The molecular weight excluding hydrogens is 315 g/mol. The number of carbonyl (C=O) groups excluding carboxylic acids is 1. The number of aryl methyl sites for hydroxylation is 1. The van der Waals surface area contributed by atoms with Gasteiger partial charge in [0.05, 0.1) is 4.47 Å². The molecule has 2 aromatic rings. The molecule has 0 radical (unpaired) electrons. The van der Waals surface area contributed by atoms with E-state index in [-0.39, 0.29) is 15.6 Å². The molecule has 0 atom stereocenters. The van der Waals surface area contributed by atoms with Gasteiger partial charge >= 0.3 is 0 Å². The minimum absolute atomic E-state index is 0.239. The van der Waals surface area contributed by atoms with Crippen molar-refractivity contribution in [3.05, 3.63) is 62.2 Å². The number of benzene rings is 1. The topological polar surface area (TPSA) is 62.0 Å². The average molecular weight is 325 g/mol.